The first-order chi connectivity index (χ1) is 10.3. The van der Waals surface area contributed by atoms with Crippen molar-refractivity contribution in [2.45, 2.75) is 38.5 Å². The van der Waals surface area contributed by atoms with Crippen LogP contribution in [0.1, 0.15) is 36.8 Å². The predicted octanol–water partition coefficient (Wildman–Crippen LogP) is 2.41. The second-order valence-electron chi connectivity index (χ2n) is 6.49. The van der Waals surface area contributed by atoms with Crippen molar-refractivity contribution in [3.05, 3.63) is 35.4 Å². The third kappa shape index (κ3) is 3.29. The standard InChI is InChI=1S/C18H25NO2/c20-13-14-9-11-19(12-10-14)18(21)17-7-5-15-3-1-2-4-16(15)6-8-17/h1-4,14,17,20H,5-13H2. The quantitative estimate of drug-likeness (QED) is 0.849. The zero-order valence-corrected chi connectivity index (χ0v) is 12.6. The Kier molecular flexibility index (Phi) is 4.59. The van der Waals surface area contributed by atoms with Crippen molar-refractivity contribution in [1.29, 1.82) is 0 Å². The molecule has 0 spiro atoms. The summed E-state index contributed by atoms with van der Waals surface area (Å²) in [5.41, 5.74) is 2.85. The van der Waals surface area contributed by atoms with E-state index in [-0.39, 0.29) is 12.5 Å². The number of hydrogen-bond donors (Lipinski definition) is 1. The van der Waals surface area contributed by atoms with E-state index in [1.807, 2.05) is 4.90 Å². The Hall–Kier alpha value is -1.35. The number of carbonyl (C=O) groups is 1. The number of hydrogen-bond acceptors (Lipinski definition) is 2. The predicted molar refractivity (Wildman–Crippen MR) is 83.0 cm³/mol. The highest BCUT2D eigenvalue weighted by Gasteiger charge is 2.29. The summed E-state index contributed by atoms with van der Waals surface area (Å²) in [4.78, 5) is 14.7. The lowest BCUT2D eigenvalue weighted by Gasteiger charge is -2.33. The molecule has 1 fully saturated rings. The normalized spacial score (nSPS) is 20.9. The Bertz CT molecular complexity index is 465. The molecule has 3 heteroatoms. The lowest BCUT2D eigenvalue weighted by Crippen LogP contribution is -2.42. The average molecular weight is 287 g/mol. The van der Waals surface area contributed by atoms with Crippen LogP contribution < -0.4 is 0 Å². The maximum absolute atomic E-state index is 12.7. The zero-order valence-electron chi connectivity index (χ0n) is 12.6. The monoisotopic (exact) mass is 287 g/mol. The number of piperidine rings is 1. The highest BCUT2D eigenvalue weighted by Crippen LogP contribution is 2.27. The van der Waals surface area contributed by atoms with Crippen LogP contribution in [0.2, 0.25) is 0 Å². The Morgan fingerprint density at radius 1 is 1.05 bits per heavy atom. The van der Waals surface area contributed by atoms with Gasteiger partial charge in [0.05, 0.1) is 0 Å². The number of aliphatic hydroxyl groups excluding tert-OH is 1. The van der Waals surface area contributed by atoms with Crippen molar-refractivity contribution in [3.63, 3.8) is 0 Å². The Balaban J connectivity index is 1.59. The molecule has 114 valence electrons. The Morgan fingerprint density at radius 3 is 2.14 bits per heavy atom. The molecule has 1 aromatic carbocycles. The van der Waals surface area contributed by atoms with Crippen molar-refractivity contribution >= 4 is 5.91 Å². The lowest BCUT2D eigenvalue weighted by atomic mass is 9.94. The Morgan fingerprint density at radius 2 is 1.62 bits per heavy atom. The number of aryl methyl sites for hydroxylation is 2. The molecule has 1 N–H and O–H groups in total. The van der Waals surface area contributed by atoms with E-state index in [0.29, 0.717) is 11.8 Å². The third-order valence-corrected chi connectivity index (χ3v) is 5.18. The molecule has 2 aliphatic rings. The summed E-state index contributed by atoms with van der Waals surface area (Å²) < 4.78 is 0. The number of benzene rings is 1. The maximum Gasteiger partial charge on any atom is 0.225 e. The molecule has 21 heavy (non-hydrogen) atoms. The number of aliphatic hydroxyl groups is 1. The molecule has 1 aliphatic heterocycles. The van der Waals surface area contributed by atoms with Gasteiger partial charge in [-0.2, -0.15) is 0 Å². The number of nitrogens with zero attached hydrogens (tertiary/aromatic N) is 1. The van der Waals surface area contributed by atoms with Gasteiger partial charge in [-0.3, -0.25) is 4.79 Å². The first kappa shape index (κ1) is 14.6. The first-order valence-electron chi connectivity index (χ1n) is 8.24. The van der Waals surface area contributed by atoms with Crippen LogP contribution in [0.25, 0.3) is 0 Å². The van der Waals surface area contributed by atoms with Crippen molar-refractivity contribution in [3.8, 4) is 0 Å². The number of amides is 1. The largest absolute Gasteiger partial charge is 0.396 e. The fraction of sp³-hybridized carbons (Fsp3) is 0.611. The second kappa shape index (κ2) is 6.61. The smallest absolute Gasteiger partial charge is 0.225 e. The van der Waals surface area contributed by atoms with Crippen molar-refractivity contribution in [1.82, 2.24) is 4.90 Å². The van der Waals surface area contributed by atoms with Crippen molar-refractivity contribution < 1.29 is 9.90 Å². The Labute approximate surface area is 127 Å². The number of likely N-dealkylation sites (tertiary alicyclic amines) is 1. The van der Waals surface area contributed by atoms with Gasteiger partial charge in [0.2, 0.25) is 5.91 Å². The van der Waals surface area contributed by atoms with Gasteiger partial charge in [-0.25, -0.2) is 0 Å². The van der Waals surface area contributed by atoms with E-state index >= 15 is 0 Å². The van der Waals surface area contributed by atoms with Gasteiger partial charge in [0.1, 0.15) is 0 Å². The molecular weight excluding hydrogens is 262 g/mol. The van der Waals surface area contributed by atoms with Gasteiger partial charge in [0.25, 0.3) is 0 Å². The van der Waals surface area contributed by atoms with Crippen LogP contribution in [0, 0.1) is 11.8 Å². The molecule has 1 heterocycles. The molecule has 0 aromatic heterocycles. The highest BCUT2D eigenvalue weighted by atomic mass is 16.3. The number of carbonyl (C=O) groups excluding carboxylic acids is 1. The third-order valence-electron chi connectivity index (χ3n) is 5.18. The molecule has 0 atom stereocenters. The van der Waals surface area contributed by atoms with Gasteiger partial charge < -0.3 is 10.0 Å². The first-order valence-corrected chi connectivity index (χ1v) is 8.24. The molecule has 1 amide bonds. The van der Waals surface area contributed by atoms with Gasteiger partial charge in [0, 0.05) is 25.6 Å². The van der Waals surface area contributed by atoms with Gasteiger partial charge in [0.15, 0.2) is 0 Å². The van der Waals surface area contributed by atoms with Gasteiger partial charge in [-0.1, -0.05) is 24.3 Å². The van der Waals surface area contributed by atoms with Crippen LogP contribution in [0.4, 0.5) is 0 Å². The van der Waals surface area contributed by atoms with Crippen LogP contribution in [0.5, 0.6) is 0 Å². The van der Waals surface area contributed by atoms with Crippen LogP contribution in [0.3, 0.4) is 0 Å². The minimum absolute atomic E-state index is 0.183. The van der Waals surface area contributed by atoms with Crippen LogP contribution in [0.15, 0.2) is 24.3 Å². The SMILES string of the molecule is O=C(C1CCc2ccccc2CC1)N1CCC(CO)CC1. The molecule has 1 saturated heterocycles. The number of fused-ring (bicyclic) bond motifs is 1. The second-order valence-corrected chi connectivity index (χ2v) is 6.49. The van der Waals surface area contributed by atoms with Crippen molar-refractivity contribution in [2.24, 2.45) is 11.8 Å². The summed E-state index contributed by atoms with van der Waals surface area (Å²) >= 11 is 0. The zero-order chi connectivity index (χ0) is 14.7. The van der Waals surface area contributed by atoms with E-state index in [4.69, 9.17) is 0 Å². The molecule has 0 unspecified atom stereocenters. The van der Waals surface area contributed by atoms with E-state index in [1.165, 1.54) is 11.1 Å². The topological polar surface area (TPSA) is 40.5 Å². The van der Waals surface area contributed by atoms with Crippen molar-refractivity contribution in [2.75, 3.05) is 19.7 Å². The minimum Gasteiger partial charge on any atom is -0.396 e. The summed E-state index contributed by atoms with van der Waals surface area (Å²) in [5, 5.41) is 9.20. The summed E-state index contributed by atoms with van der Waals surface area (Å²) in [6.07, 6.45) is 5.93. The van der Waals surface area contributed by atoms with Gasteiger partial charge in [-0.15, -0.1) is 0 Å². The summed E-state index contributed by atoms with van der Waals surface area (Å²) in [6, 6.07) is 8.60. The molecule has 0 radical (unpaired) electrons. The summed E-state index contributed by atoms with van der Waals surface area (Å²) in [5.74, 6) is 0.926. The van der Waals surface area contributed by atoms with E-state index in [2.05, 4.69) is 24.3 Å². The summed E-state index contributed by atoms with van der Waals surface area (Å²) in [6.45, 7) is 1.92. The minimum atomic E-state index is 0.183. The summed E-state index contributed by atoms with van der Waals surface area (Å²) in [7, 11) is 0. The molecule has 3 rings (SSSR count). The molecule has 1 aromatic rings. The molecule has 0 bridgehead atoms. The maximum atomic E-state index is 12.7. The van der Waals surface area contributed by atoms with Crippen LogP contribution >= 0.6 is 0 Å². The lowest BCUT2D eigenvalue weighted by molar-refractivity contribution is -0.137. The number of rotatable bonds is 2. The van der Waals surface area contributed by atoms with E-state index in [1.54, 1.807) is 0 Å². The molecule has 0 saturated carbocycles. The van der Waals surface area contributed by atoms with Gasteiger partial charge in [-0.05, 0) is 55.6 Å². The van der Waals surface area contributed by atoms with E-state index < -0.39 is 0 Å². The van der Waals surface area contributed by atoms with Crippen LogP contribution in [-0.2, 0) is 17.6 Å². The fourth-order valence-electron chi connectivity index (χ4n) is 3.69. The fourth-order valence-corrected chi connectivity index (χ4v) is 3.69. The van der Waals surface area contributed by atoms with E-state index in [9.17, 15) is 9.90 Å². The van der Waals surface area contributed by atoms with Crippen LogP contribution in [-0.4, -0.2) is 35.6 Å². The molecule has 3 nitrogen and oxygen atoms in total. The van der Waals surface area contributed by atoms with E-state index in [0.717, 1.165) is 51.6 Å². The van der Waals surface area contributed by atoms with Gasteiger partial charge >= 0.3 is 0 Å². The average Bonchev–Trinajstić information content (AvgIpc) is 2.77. The highest BCUT2D eigenvalue weighted by molar-refractivity contribution is 5.79. The molecular formula is C18H25NO2. The molecule has 1 aliphatic carbocycles.